The molecule has 4 nitrogen and oxygen atoms in total. The molecule has 156 valence electrons. The van der Waals surface area contributed by atoms with Gasteiger partial charge in [-0.05, 0) is 81.9 Å². The highest BCUT2D eigenvalue weighted by atomic mass is 16.1. The average Bonchev–Trinajstić information content (AvgIpc) is 2.76. The van der Waals surface area contributed by atoms with Gasteiger partial charge in [-0.1, -0.05) is 30.3 Å². The van der Waals surface area contributed by atoms with Gasteiger partial charge in [-0.25, -0.2) is 0 Å². The monoisotopic (exact) mass is 393 g/mol. The summed E-state index contributed by atoms with van der Waals surface area (Å²) in [5, 5.41) is 3.04. The number of piperidine rings is 1. The third kappa shape index (κ3) is 6.60. The molecule has 0 spiro atoms. The number of amides is 1. The predicted molar refractivity (Wildman–Crippen MR) is 123 cm³/mol. The Morgan fingerprint density at radius 3 is 2.28 bits per heavy atom. The van der Waals surface area contributed by atoms with Crippen LogP contribution in [-0.4, -0.2) is 43.5 Å². The number of hydrogen-bond donors (Lipinski definition) is 1. The molecule has 0 aliphatic carbocycles. The Kier molecular flexibility index (Phi) is 8.12. The molecular weight excluding hydrogens is 358 g/mol. The molecule has 1 aliphatic heterocycles. The van der Waals surface area contributed by atoms with Gasteiger partial charge in [-0.15, -0.1) is 0 Å². The van der Waals surface area contributed by atoms with Gasteiger partial charge in [0.1, 0.15) is 0 Å². The Balaban J connectivity index is 1.37. The number of benzene rings is 2. The van der Waals surface area contributed by atoms with Gasteiger partial charge in [0.05, 0.1) is 0 Å². The van der Waals surface area contributed by atoms with Gasteiger partial charge in [0.2, 0.25) is 5.91 Å². The average molecular weight is 394 g/mol. The second-order valence-electron chi connectivity index (χ2n) is 7.99. The van der Waals surface area contributed by atoms with E-state index in [1.807, 2.05) is 12.1 Å². The van der Waals surface area contributed by atoms with Gasteiger partial charge in [-0.3, -0.25) is 4.79 Å². The number of rotatable bonds is 9. The second-order valence-corrected chi connectivity index (χ2v) is 7.99. The maximum absolute atomic E-state index is 12.3. The van der Waals surface area contributed by atoms with E-state index in [0.717, 1.165) is 44.3 Å². The van der Waals surface area contributed by atoms with Gasteiger partial charge < -0.3 is 15.1 Å². The molecule has 3 rings (SSSR count). The molecule has 0 atom stereocenters. The number of likely N-dealkylation sites (tertiary alicyclic amines) is 1. The largest absolute Gasteiger partial charge is 0.372 e. The molecule has 1 saturated heterocycles. The van der Waals surface area contributed by atoms with Crippen molar-refractivity contribution in [1.29, 1.82) is 0 Å². The fourth-order valence-corrected chi connectivity index (χ4v) is 4.19. The maximum atomic E-state index is 12.3. The van der Waals surface area contributed by atoms with E-state index in [4.69, 9.17) is 0 Å². The van der Waals surface area contributed by atoms with Crippen LogP contribution < -0.4 is 10.2 Å². The number of carbonyl (C=O) groups is 1. The van der Waals surface area contributed by atoms with E-state index in [1.54, 1.807) is 0 Å². The molecule has 1 aliphatic rings. The van der Waals surface area contributed by atoms with Gasteiger partial charge >= 0.3 is 0 Å². The lowest BCUT2D eigenvalue weighted by Crippen LogP contribution is -2.36. The summed E-state index contributed by atoms with van der Waals surface area (Å²) in [6.07, 6.45) is 4.19. The highest BCUT2D eigenvalue weighted by Crippen LogP contribution is 2.22. The first-order valence-corrected chi connectivity index (χ1v) is 11.1. The first-order valence-electron chi connectivity index (χ1n) is 11.1. The van der Waals surface area contributed by atoms with E-state index < -0.39 is 0 Å². The van der Waals surface area contributed by atoms with Crippen molar-refractivity contribution >= 4 is 17.3 Å². The molecule has 2 aromatic rings. The Labute approximate surface area is 175 Å². The fraction of sp³-hybridized carbons (Fsp3) is 0.480. The molecule has 0 bridgehead atoms. The molecular formula is C25H35N3O. The predicted octanol–water partition coefficient (Wildman–Crippen LogP) is 4.82. The SMILES string of the molecule is CCN(CC)c1ccc(NC(=O)CCN2CCC(Cc3ccccc3)CC2)cc1. The minimum Gasteiger partial charge on any atom is -0.372 e. The summed E-state index contributed by atoms with van der Waals surface area (Å²) in [6, 6.07) is 19.0. The number of hydrogen-bond acceptors (Lipinski definition) is 3. The number of nitrogens with zero attached hydrogens (tertiary/aromatic N) is 2. The summed E-state index contributed by atoms with van der Waals surface area (Å²) in [6.45, 7) is 9.34. The van der Waals surface area contributed by atoms with Gasteiger partial charge in [0.25, 0.3) is 0 Å². The van der Waals surface area contributed by atoms with E-state index in [9.17, 15) is 4.79 Å². The molecule has 4 heteroatoms. The van der Waals surface area contributed by atoms with Crippen molar-refractivity contribution in [2.24, 2.45) is 5.92 Å². The van der Waals surface area contributed by atoms with Gasteiger partial charge in [0, 0.05) is 37.4 Å². The second kappa shape index (κ2) is 11.0. The smallest absolute Gasteiger partial charge is 0.225 e. The molecule has 0 aromatic heterocycles. The first kappa shape index (κ1) is 21.4. The summed E-state index contributed by atoms with van der Waals surface area (Å²) >= 11 is 0. The highest BCUT2D eigenvalue weighted by Gasteiger charge is 2.19. The van der Waals surface area contributed by atoms with Crippen LogP contribution in [0.4, 0.5) is 11.4 Å². The molecule has 1 N–H and O–H groups in total. The lowest BCUT2D eigenvalue weighted by Gasteiger charge is -2.31. The van der Waals surface area contributed by atoms with Crippen LogP contribution in [0.25, 0.3) is 0 Å². The third-order valence-corrected chi connectivity index (χ3v) is 6.01. The Bertz CT molecular complexity index is 732. The normalized spacial score (nSPS) is 15.2. The van der Waals surface area contributed by atoms with Crippen LogP contribution in [0.15, 0.2) is 54.6 Å². The Hall–Kier alpha value is -2.33. The zero-order valence-corrected chi connectivity index (χ0v) is 17.9. The van der Waals surface area contributed by atoms with Crippen LogP contribution in [0.3, 0.4) is 0 Å². The minimum atomic E-state index is 0.104. The van der Waals surface area contributed by atoms with Gasteiger partial charge in [0.15, 0.2) is 0 Å². The van der Waals surface area contributed by atoms with E-state index in [2.05, 4.69) is 71.4 Å². The van der Waals surface area contributed by atoms with Crippen LogP contribution in [0, 0.1) is 5.92 Å². The number of nitrogens with one attached hydrogen (secondary N) is 1. The Morgan fingerprint density at radius 2 is 1.66 bits per heavy atom. The Morgan fingerprint density at radius 1 is 1.00 bits per heavy atom. The lowest BCUT2D eigenvalue weighted by atomic mass is 9.90. The summed E-state index contributed by atoms with van der Waals surface area (Å²) in [7, 11) is 0. The van der Waals surface area contributed by atoms with Crippen LogP contribution in [0.1, 0.15) is 38.7 Å². The standard InChI is InChI=1S/C25H35N3O/c1-3-28(4-2)24-12-10-23(11-13-24)26-25(29)16-19-27-17-14-22(15-18-27)20-21-8-6-5-7-9-21/h5-13,22H,3-4,14-20H2,1-2H3,(H,26,29). The summed E-state index contributed by atoms with van der Waals surface area (Å²) in [5.74, 6) is 0.874. The maximum Gasteiger partial charge on any atom is 0.225 e. The summed E-state index contributed by atoms with van der Waals surface area (Å²) < 4.78 is 0. The van der Waals surface area contributed by atoms with Crippen LogP contribution in [0.5, 0.6) is 0 Å². The molecule has 1 fully saturated rings. The van der Waals surface area contributed by atoms with Crippen molar-refractivity contribution in [3.8, 4) is 0 Å². The van der Waals surface area contributed by atoms with Crippen molar-refractivity contribution in [3.05, 3.63) is 60.2 Å². The molecule has 0 saturated carbocycles. The van der Waals surface area contributed by atoms with Crippen molar-refractivity contribution < 1.29 is 4.79 Å². The van der Waals surface area contributed by atoms with Crippen molar-refractivity contribution in [2.45, 2.75) is 39.5 Å². The lowest BCUT2D eigenvalue weighted by molar-refractivity contribution is -0.116. The van der Waals surface area contributed by atoms with E-state index in [-0.39, 0.29) is 5.91 Å². The topological polar surface area (TPSA) is 35.6 Å². The van der Waals surface area contributed by atoms with Crippen LogP contribution in [-0.2, 0) is 11.2 Å². The van der Waals surface area contributed by atoms with Crippen molar-refractivity contribution in [3.63, 3.8) is 0 Å². The highest BCUT2D eigenvalue weighted by molar-refractivity contribution is 5.91. The quantitative estimate of drug-likeness (QED) is 0.664. The molecule has 1 heterocycles. The summed E-state index contributed by atoms with van der Waals surface area (Å²) in [5.41, 5.74) is 3.52. The number of carbonyl (C=O) groups excluding carboxylic acids is 1. The van der Waals surface area contributed by atoms with Crippen molar-refractivity contribution in [1.82, 2.24) is 4.90 Å². The molecule has 0 radical (unpaired) electrons. The van der Waals surface area contributed by atoms with Crippen LogP contribution in [0.2, 0.25) is 0 Å². The molecule has 2 aromatic carbocycles. The van der Waals surface area contributed by atoms with E-state index >= 15 is 0 Å². The van der Waals surface area contributed by atoms with Crippen molar-refractivity contribution in [2.75, 3.05) is 42.9 Å². The third-order valence-electron chi connectivity index (χ3n) is 6.01. The molecule has 0 unspecified atom stereocenters. The van der Waals surface area contributed by atoms with E-state index in [0.29, 0.717) is 6.42 Å². The summed E-state index contributed by atoms with van der Waals surface area (Å²) in [4.78, 5) is 17.1. The minimum absolute atomic E-state index is 0.104. The van der Waals surface area contributed by atoms with E-state index in [1.165, 1.54) is 30.5 Å². The van der Waals surface area contributed by atoms with Crippen LogP contribution >= 0.6 is 0 Å². The zero-order valence-electron chi connectivity index (χ0n) is 17.9. The molecule has 29 heavy (non-hydrogen) atoms. The fourth-order valence-electron chi connectivity index (χ4n) is 4.19. The first-order chi connectivity index (χ1) is 14.2. The zero-order chi connectivity index (χ0) is 20.5. The number of anilines is 2. The molecule has 1 amide bonds. The van der Waals surface area contributed by atoms with Gasteiger partial charge in [-0.2, -0.15) is 0 Å².